The zero-order chi connectivity index (χ0) is 9.14. The maximum Gasteiger partial charge on any atom is 0.166 e. The average molecular weight is 165 g/mol. The van der Waals surface area contributed by atoms with Gasteiger partial charge in [0.05, 0.1) is 5.69 Å². The average Bonchev–Trinajstić information content (AvgIpc) is 2.49. The highest BCUT2D eigenvalue weighted by Crippen LogP contribution is 2.18. The number of rotatable bonds is 3. The van der Waals surface area contributed by atoms with Gasteiger partial charge in [-0.05, 0) is 25.0 Å². The van der Waals surface area contributed by atoms with Crippen LogP contribution in [0, 0.1) is 5.92 Å². The molecular weight excluding hydrogens is 150 g/mol. The topological polar surface area (TPSA) is 22.0 Å². The molecule has 1 aromatic heterocycles. The van der Waals surface area contributed by atoms with Crippen LogP contribution in [-0.4, -0.2) is 10.9 Å². The van der Waals surface area contributed by atoms with Crippen molar-refractivity contribution in [3.63, 3.8) is 0 Å². The number of hydrogen-bond acceptors (Lipinski definition) is 1. The molecule has 0 saturated carbocycles. The fourth-order valence-corrected chi connectivity index (χ4v) is 1.20. The summed E-state index contributed by atoms with van der Waals surface area (Å²) in [4.78, 5) is 10.6. The highest BCUT2D eigenvalue weighted by atomic mass is 16.1. The molecule has 2 heteroatoms. The third kappa shape index (κ3) is 1.58. The number of nitrogens with zero attached hydrogens (tertiary/aromatic N) is 1. The van der Waals surface area contributed by atoms with Gasteiger partial charge in [-0.1, -0.05) is 13.8 Å². The molecule has 2 nitrogen and oxygen atoms in total. The number of aromatic nitrogens is 1. The van der Waals surface area contributed by atoms with Crippen molar-refractivity contribution in [3.05, 3.63) is 24.0 Å². The second-order valence-electron chi connectivity index (χ2n) is 3.44. The van der Waals surface area contributed by atoms with Crippen molar-refractivity contribution in [2.24, 2.45) is 5.92 Å². The summed E-state index contributed by atoms with van der Waals surface area (Å²) in [5.41, 5.74) is 0.760. The van der Waals surface area contributed by atoms with Crippen molar-refractivity contribution >= 4 is 6.29 Å². The largest absolute Gasteiger partial charge is 0.342 e. The molecule has 0 saturated heterocycles. The van der Waals surface area contributed by atoms with Crippen LogP contribution in [0.25, 0.3) is 0 Å². The minimum Gasteiger partial charge on any atom is -0.342 e. The van der Waals surface area contributed by atoms with Crippen LogP contribution in [0.1, 0.15) is 37.3 Å². The lowest BCUT2D eigenvalue weighted by atomic mass is 10.1. The molecule has 0 aliphatic carbocycles. The van der Waals surface area contributed by atoms with Gasteiger partial charge in [-0.2, -0.15) is 0 Å². The highest BCUT2D eigenvalue weighted by molar-refractivity contribution is 5.72. The fraction of sp³-hybridized carbons (Fsp3) is 0.500. The van der Waals surface area contributed by atoms with Crippen molar-refractivity contribution < 1.29 is 4.79 Å². The Hall–Kier alpha value is -1.05. The summed E-state index contributed by atoms with van der Waals surface area (Å²) >= 11 is 0. The molecule has 0 aromatic carbocycles. The highest BCUT2D eigenvalue weighted by Gasteiger charge is 2.10. The van der Waals surface area contributed by atoms with Crippen LogP contribution in [-0.2, 0) is 0 Å². The van der Waals surface area contributed by atoms with Crippen molar-refractivity contribution in [2.75, 3.05) is 0 Å². The van der Waals surface area contributed by atoms with E-state index in [1.165, 1.54) is 0 Å². The first kappa shape index (κ1) is 9.04. The molecule has 0 aliphatic rings. The Morgan fingerprint density at radius 1 is 1.42 bits per heavy atom. The first-order chi connectivity index (χ1) is 5.66. The van der Waals surface area contributed by atoms with Crippen LogP contribution in [0.4, 0.5) is 0 Å². The summed E-state index contributed by atoms with van der Waals surface area (Å²) in [5.74, 6) is 0.552. The SMILES string of the molecule is CC(C)C(C)n1cccc1C=O. The maximum absolute atomic E-state index is 10.6. The van der Waals surface area contributed by atoms with Gasteiger partial charge >= 0.3 is 0 Å². The minimum atomic E-state index is 0.389. The smallest absolute Gasteiger partial charge is 0.166 e. The van der Waals surface area contributed by atoms with Crippen LogP contribution >= 0.6 is 0 Å². The van der Waals surface area contributed by atoms with Crippen LogP contribution in [0.15, 0.2) is 18.3 Å². The van der Waals surface area contributed by atoms with Gasteiger partial charge in [-0.15, -0.1) is 0 Å². The predicted molar refractivity (Wildman–Crippen MR) is 49.4 cm³/mol. The summed E-state index contributed by atoms with van der Waals surface area (Å²) in [6.45, 7) is 6.43. The molecule has 0 N–H and O–H groups in total. The number of hydrogen-bond donors (Lipinski definition) is 0. The van der Waals surface area contributed by atoms with Gasteiger partial charge in [0.1, 0.15) is 0 Å². The summed E-state index contributed by atoms with van der Waals surface area (Å²) in [7, 11) is 0. The van der Waals surface area contributed by atoms with Gasteiger partial charge in [-0.3, -0.25) is 4.79 Å². The Bertz CT molecular complexity index is 263. The third-order valence-electron chi connectivity index (χ3n) is 2.34. The number of carbonyl (C=O) groups excluding carboxylic acids is 1. The molecular formula is C10H15NO. The Labute approximate surface area is 73.2 Å². The van der Waals surface area contributed by atoms with Gasteiger partial charge in [0, 0.05) is 12.2 Å². The maximum atomic E-state index is 10.6. The molecule has 1 unspecified atom stereocenters. The van der Waals surface area contributed by atoms with E-state index in [9.17, 15) is 4.79 Å². The Kier molecular flexibility index (Phi) is 2.69. The molecule has 1 rings (SSSR count). The minimum absolute atomic E-state index is 0.389. The fourth-order valence-electron chi connectivity index (χ4n) is 1.20. The van der Waals surface area contributed by atoms with Crippen molar-refractivity contribution in [2.45, 2.75) is 26.8 Å². The predicted octanol–water partition coefficient (Wildman–Crippen LogP) is 2.52. The van der Waals surface area contributed by atoms with E-state index in [2.05, 4.69) is 20.8 Å². The molecule has 0 amide bonds. The van der Waals surface area contributed by atoms with Crippen molar-refractivity contribution in [1.82, 2.24) is 4.57 Å². The van der Waals surface area contributed by atoms with E-state index in [1.807, 2.05) is 22.9 Å². The van der Waals surface area contributed by atoms with Crippen LogP contribution < -0.4 is 0 Å². The molecule has 0 spiro atoms. The molecule has 1 aromatic rings. The lowest BCUT2D eigenvalue weighted by molar-refractivity contribution is 0.111. The van der Waals surface area contributed by atoms with E-state index in [4.69, 9.17) is 0 Å². The number of carbonyl (C=O) groups is 1. The third-order valence-corrected chi connectivity index (χ3v) is 2.34. The van der Waals surface area contributed by atoms with Gasteiger partial charge in [0.25, 0.3) is 0 Å². The normalized spacial score (nSPS) is 13.3. The first-order valence-electron chi connectivity index (χ1n) is 4.29. The van der Waals surface area contributed by atoms with Gasteiger partial charge < -0.3 is 4.57 Å². The lowest BCUT2D eigenvalue weighted by Crippen LogP contribution is -2.12. The first-order valence-corrected chi connectivity index (χ1v) is 4.29. The molecule has 0 bridgehead atoms. The second kappa shape index (κ2) is 3.57. The standard InChI is InChI=1S/C10H15NO/c1-8(2)9(3)11-6-4-5-10(11)7-12/h4-9H,1-3H3. The molecule has 0 aliphatic heterocycles. The lowest BCUT2D eigenvalue weighted by Gasteiger charge is -2.18. The van der Waals surface area contributed by atoms with E-state index in [0.717, 1.165) is 12.0 Å². The Morgan fingerprint density at radius 2 is 2.08 bits per heavy atom. The van der Waals surface area contributed by atoms with E-state index in [0.29, 0.717) is 12.0 Å². The Balaban J connectivity index is 2.93. The second-order valence-corrected chi connectivity index (χ2v) is 3.44. The molecule has 66 valence electrons. The van der Waals surface area contributed by atoms with E-state index < -0.39 is 0 Å². The van der Waals surface area contributed by atoms with Crippen LogP contribution in [0.2, 0.25) is 0 Å². The molecule has 12 heavy (non-hydrogen) atoms. The van der Waals surface area contributed by atoms with Crippen LogP contribution in [0.5, 0.6) is 0 Å². The van der Waals surface area contributed by atoms with Gasteiger partial charge in [-0.25, -0.2) is 0 Å². The van der Waals surface area contributed by atoms with Gasteiger partial charge in [0.2, 0.25) is 0 Å². The van der Waals surface area contributed by atoms with Crippen LogP contribution in [0.3, 0.4) is 0 Å². The monoisotopic (exact) mass is 165 g/mol. The molecule has 1 heterocycles. The van der Waals surface area contributed by atoms with E-state index in [1.54, 1.807) is 0 Å². The number of aldehydes is 1. The van der Waals surface area contributed by atoms with Crippen molar-refractivity contribution in [1.29, 1.82) is 0 Å². The van der Waals surface area contributed by atoms with E-state index >= 15 is 0 Å². The molecule has 0 fully saturated rings. The quantitative estimate of drug-likeness (QED) is 0.631. The summed E-state index contributed by atoms with van der Waals surface area (Å²) < 4.78 is 2.01. The zero-order valence-electron chi connectivity index (χ0n) is 7.82. The van der Waals surface area contributed by atoms with E-state index in [-0.39, 0.29) is 0 Å². The molecule has 0 radical (unpaired) electrons. The zero-order valence-corrected chi connectivity index (χ0v) is 7.82. The summed E-state index contributed by atoms with van der Waals surface area (Å²) in [6, 6.07) is 4.13. The molecule has 1 atom stereocenters. The van der Waals surface area contributed by atoms with Crippen molar-refractivity contribution in [3.8, 4) is 0 Å². The summed E-state index contributed by atoms with van der Waals surface area (Å²) in [6.07, 6.45) is 2.85. The summed E-state index contributed by atoms with van der Waals surface area (Å²) in [5, 5.41) is 0. The van der Waals surface area contributed by atoms with Gasteiger partial charge in [0.15, 0.2) is 6.29 Å². The Morgan fingerprint density at radius 3 is 2.58 bits per heavy atom.